The minimum Gasteiger partial charge on any atom is -0.379 e. The number of nitrogens with zero attached hydrogens (tertiary/aromatic N) is 2. The Bertz CT molecular complexity index is 399. The standard InChI is InChI=1S/C16H31N3O/c1-6-13(17)16-14(7-2)18-19(15(16)8-3)9-10-20-11-12(4)5/h12-13H,6-11,17H2,1-5H3. The van der Waals surface area contributed by atoms with E-state index in [1.165, 1.54) is 11.3 Å². The van der Waals surface area contributed by atoms with Gasteiger partial charge in [-0.15, -0.1) is 0 Å². The van der Waals surface area contributed by atoms with Gasteiger partial charge in [-0.25, -0.2) is 0 Å². The maximum absolute atomic E-state index is 6.27. The highest BCUT2D eigenvalue weighted by Gasteiger charge is 2.19. The van der Waals surface area contributed by atoms with Gasteiger partial charge in [0.1, 0.15) is 0 Å². The van der Waals surface area contributed by atoms with Crippen molar-refractivity contribution >= 4 is 0 Å². The zero-order valence-corrected chi connectivity index (χ0v) is 13.8. The first-order valence-electron chi connectivity index (χ1n) is 7.96. The van der Waals surface area contributed by atoms with Crippen molar-refractivity contribution in [2.45, 2.75) is 66.5 Å². The highest BCUT2D eigenvalue weighted by atomic mass is 16.5. The van der Waals surface area contributed by atoms with Crippen LogP contribution in [0.25, 0.3) is 0 Å². The number of rotatable bonds is 9. The van der Waals surface area contributed by atoms with E-state index in [-0.39, 0.29) is 6.04 Å². The maximum Gasteiger partial charge on any atom is 0.0672 e. The highest BCUT2D eigenvalue weighted by Crippen LogP contribution is 2.24. The summed E-state index contributed by atoms with van der Waals surface area (Å²) in [7, 11) is 0. The predicted molar refractivity (Wildman–Crippen MR) is 83.9 cm³/mol. The Morgan fingerprint density at radius 3 is 2.40 bits per heavy atom. The molecule has 0 aliphatic carbocycles. The van der Waals surface area contributed by atoms with Crippen molar-refractivity contribution in [1.82, 2.24) is 9.78 Å². The summed E-state index contributed by atoms with van der Waals surface area (Å²) in [5.74, 6) is 0.577. The number of aromatic nitrogens is 2. The van der Waals surface area contributed by atoms with Crippen LogP contribution >= 0.6 is 0 Å². The molecule has 1 rings (SSSR count). The van der Waals surface area contributed by atoms with Crippen molar-refractivity contribution in [2.24, 2.45) is 11.7 Å². The summed E-state index contributed by atoms with van der Waals surface area (Å²) >= 11 is 0. The fourth-order valence-electron chi connectivity index (χ4n) is 2.49. The maximum atomic E-state index is 6.27. The molecule has 0 radical (unpaired) electrons. The van der Waals surface area contributed by atoms with Gasteiger partial charge in [0.05, 0.1) is 18.8 Å². The number of hydrogen-bond donors (Lipinski definition) is 1. The van der Waals surface area contributed by atoms with Crippen LogP contribution in [-0.4, -0.2) is 23.0 Å². The van der Waals surface area contributed by atoms with Crippen LogP contribution < -0.4 is 5.73 Å². The molecule has 20 heavy (non-hydrogen) atoms. The fourth-order valence-corrected chi connectivity index (χ4v) is 2.49. The van der Waals surface area contributed by atoms with Crippen LogP contribution in [0.2, 0.25) is 0 Å². The van der Waals surface area contributed by atoms with Gasteiger partial charge in [0, 0.05) is 23.9 Å². The molecule has 1 unspecified atom stereocenters. The van der Waals surface area contributed by atoms with E-state index in [4.69, 9.17) is 15.6 Å². The number of hydrogen-bond acceptors (Lipinski definition) is 3. The molecule has 2 N–H and O–H groups in total. The van der Waals surface area contributed by atoms with Gasteiger partial charge in [-0.1, -0.05) is 34.6 Å². The summed E-state index contributed by atoms with van der Waals surface area (Å²) in [5.41, 5.74) is 9.97. The predicted octanol–water partition coefficient (Wildman–Crippen LogP) is 3.09. The van der Waals surface area contributed by atoms with Gasteiger partial charge in [0.2, 0.25) is 0 Å². The lowest BCUT2D eigenvalue weighted by Gasteiger charge is -2.13. The minimum absolute atomic E-state index is 0.102. The van der Waals surface area contributed by atoms with Crippen LogP contribution in [0.5, 0.6) is 0 Å². The normalized spacial score (nSPS) is 13.2. The molecule has 0 amide bonds. The van der Waals surface area contributed by atoms with Crippen LogP contribution in [0.1, 0.15) is 64.0 Å². The third-order valence-electron chi connectivity index (χ3n) is 3.55. The second-order valence-electron chi connectivity index (χ2n) is 5.72. The molecule has 4 nitrogen and oxygen atoms in total. The van der Waals surface area contributed by atoms with Gasteiger partial charge >= 0.3 is 0 Å². The molecular formula is C16H31N3O. The Kier molecular flexibility index (Phi) is 7.24. The van der Waals surface area contributed by atoms with Crippen molar-refractivity contribution in [2.75, 3.05) is 13.2 Å². The largest absolute Gasteiger partial charge is 0.379 e. The first-order chi connectivity index (χ1) is 9.54. The zero-order chi connectivity index (χ0) is 15.1. The summed E-state index contributed by atoms with van der Waals surface area (Å²) in [4.78, 5) is 0. The monoisotopic (exact) mass is 281 g/mol. The molecule has 0 aromatic carbocycles. The van der Waals surface area contributed by atoms with Gasteiger partial charge in [-0.3, -0.25) is 4.68 Å². The topological polar surface area (TPSA) is 53.1 Å². The van der Waals surface area contributed by atoms with Gasteiger partial charge in [0.25, 0.3) is 0 Å². The summed E-state index contributed by atoms with van der Waals surface area (Å²) in [6, 6.07) is 0.102. The molecule has 0 bridgehead atoms. The third kappa shape index (κ3) is 4.32. The Balaban J connectivity index is 2.82. The summed E-state index contributed by atoms with van der Waals surface area (Å²) < 4.78 is 7.78. The molecule has 0 saturated heterocycles. The summed E-state index contributed by atoms with van der Waals surface area (Å²) in [6.07, 6.45) is 2.87. The van der Waals surface area contributed by atoms with Crippen LogP contribution in [0.3, 0.4) is 0 Å². The molecule has 0 saturated carbocycles. The first kappa shape index (κ1) is 17.2. The van der Waals surface area contributed by atoms with E-state index in [1.54, 1.807) is 0 Å². The smallest absolute Gasteiger partial charge is 0.0672 e. The van der Waals surface area contributed by atoms with E-state index < -0.39 is 0 Å². The Labute approximate surface area is 123 Å². The molecule has 1 aromatic heterocycles. The van der Waals surface area contributed by atoms with Crippen LogP contribution in [-0.2, 0) is 24.1 Å². The van der Waals surface area contributed by atoms with Gasteiger partial charge in [-0.2, -0.15) is 5.10 Å². The SMILES string of the molecule is CCc1nn(CCOCC(C)C)c(CC)c1C(N)CC. The molecule has 0 fully saturated rings. The van der Waals surface area contributed by atoms with Crippen molar-refractivity contribution in [1.29, 1.82) is 0 Å². The van der Waals surface area contributed by atoms with E-state index in [0.29, 0.717) is 5.92 Å². The number of ether oxygens (including phenoxy) is 1. The average molecular weight is 281 g/mol. The zero-order valence-electron chi connectivity index (χ0n) is 13.8. The molecule has 1 aromatic rings. The van der Waals surface area contributed by atoms with Crippen molar-refractivity contribution < 1.29 is 4.74 Å². The highest BCUT2D eigenvalue weighted by molar-refractivity contribution is 5.30. The van der Waals surface area contributed by atoms with Gasteiger partial charge in [-0.05, 0) is 25.2 Å². The van der Waals surface area contributed by atoms with E-state index in [1.807, 2.05) is 0 Å². The van der Waals surface area contributed by atoms with E-state index in [2.05, 4.69) is 39.3 Å². The summed E-state index contributed by atoms with van der Waals surface area (Å²) in [6.45, 7) is 13.1. The van der Waals surface area contributed by atoms with Gasteiger partial charge in [0.15, 0.2) is 0 Å². The molecule has 1 atom stereocenters. The number of nitrogens with two attached hydrogens (primary N) is 1. The quantitative estimate of drug-likeness (QED) is 0.708. The average Bonchev–Trinajstić information content (AvgIpc) is 2.80. The summed E-state index contributed by atoms with van der Waals surface area (Å²) in [5, 5.41) is 4.74. The lowest BCUT2D eigenvalue weighted by atomic mass is 10.00. The Morgan fingerprint density at radius 1 is 1.20 bits per heavy atom. The minimum atomic E-state index is 0.102. The first-order valence-corrected chi connectivity index (χ1v) is 7.96. The molecule has 4 heteroatoms. The Hall–Kier alpha value is -0.870. The van der Waals surface area contributed by atoms with Crippen LogP contribution in [0, 0.1) is 5.92 Å². The van der Waals surface area contributed by atoms with Gasteiger partial charge < -0.3 is 10.5 Å². The van der Waals surface area contributed by atoms with Crippen molar-refractivity contribution in [3.05, 3.63) is 17.0 Å². The molecular weight excluding hydrogens is 250 g/mol. The molecule has 1 heterocycles. The Morgan fingerprint density at radius 2 is 1.90 bits per heavy atom. The molecule has 0 spiro atoms. The second kappa shape index (κ2) is 8.42. The molecule has 0 aliphatic rings. The fraction of sp³-hybridized carbons (Fsp3) is 0.812. The van der Waals surface area contributed by atoms with E-state index in [9.17, 15) is 0 Å². The van der Waals surface area contributed by atoms with Crippen LogP contribution in [0.15, 0.2) is 0 Å². The van der Waals surface area contributed by atoms with Crippen molar-refractivity contribution in [3.8, 4) is 0 Å². The molecule has 0 aliphatic heterocycles. The van der Waals surface area contributed by atoms with Crippen LogP contribution in [0.4, 0.5) is 0 Å². The molecule has 116 valence electrons. The second-order valence-corrected chi connectivity index (χ2v) is 5.72. The van der Waals surface area contributed by atoms with E-state index >= 15 is 0 Å². The lowest BCUT2D eigenvalue weighted by Crippen LogP contribution is -2.15. The lowest BCUT2D eigenvalue weighted by molar-refractivity contribution is 0.100. The van der Waals surface area contributed by atoms with E-state index in [0.717, 1.165) is 44.7 Å². The van der Waals surface area contributed by atoms with Crippen molar-refractivity contribution in [3.63, 3.8) is 0 Å². The number of aryl methyl sites for hydroxylation is 1. The third-order valence-corrected chi connectivity index (χ3v) is 3.55.